The Morgan fingerprint density at radius 3 is 2.27 bits per heavy atom. The quantitative estimate of drug-likeness (QED) is 0.586. The Balaban J connectivity index is 2.07. The van der Waals surface area contributed by atoms with Crippen LogP contribution in [0.2, 0.25) is 0 Å². The molecule has 0 aliphatic carbocycles. The topological polar surface area (TPSA) is 109 Å². The molecular weight excluding hydrogens is 336 g/mol. The van der Waals surface area contributed by atoms with E-state index >= 15 is 0 Å². The Morgan fingerprint density at radius 1 is 1.12 bits per heavy atom. The summed E-state index contributed by atoms with van der Waals surface area (Å²) in [7, 11) is 1.54. The molecule has 7 heteroatoms. The zero-order valence-electron chi connectivity index (χ0n) is 13.9. The average Bonchev–Trinajstić information content (AvgIpc) is 2.65. The number of benzene rings is 2. The van der Waals surface area contributed by atoms with Crippen molar-refractivity contribution in [3.05, 3.63) is 59.7 Å². The molecule has 0 atom stereocenters. The molecule has 2 aromatic carbocycles. The van der Waals surface area contributed by atoms with Crippen LogP contribution in [0.25, 0.3) is 6.08 Å². The summed E-state index contributed by atoms with van der Waals surface area (Å²) in [6.07, 6.45) is 1.43. The van der Waals surface area contributed by atoms with Gasteiger partial charge in [-0.2, -0.15) is 5.26 Å². The number of nitriles is 1. The van der Waals surface area contributed by atoms with Gasteiger partial charge in [0.25, 0.3) is 5.91 Å². The monoisotopic (exact) mass is 352 g/mol. The number of carboxylic acid groups (broad SMARTS) is 1. The molecule has 0 fully saturated rings. The Labute approximate surface area is 150 Å². The Hall–Kier alpha value is -3.79. The summed E-state index contributed by atoms with van der Waals surface area (Å²) in [5.41, 5.74) is 1.07. The molecule has 0 aliphatic heterocycles. The molecule has 0 unspecified atom stereocenters. The van der Waals surface area contributed by atoms with Crippen LogP contribution in [0, 0.1) is 11.3 Å². The number of aliphatic carboxylic acids is 1. The van der Waals surface area contributed by atoms with E-state index in [0.717, 1.165) is 0 Å². The van der Waals surface area contributed by atoms with Crippen LogP contribution in [-0.4, -0.2) is 30.7 Å². The number of carbonyl (C=O) groups is 2. The van der Waals surface area contributed by atoms with Crippen molar-refractivity contribution in [2.24, 2.45) is 0 Å². The minimum absolute atomic E-state index is 0.0694. The van der Waals surface area contributed by atoms with Gasteiger partial charge in [0.1, 0.15) is 23.1 Å². The van der Waals surface area contributed by atoms with Gasteiger partial charge in [-0.3, -0.25) is 4.79 Å². The number of nitrogens with zero attached hydrogens (tertiary/aromatic N) is 1. The number of rotatable bonds is 7. The van der Waals surface area contributed by atoms with E-state index in [9.17, 15) is 14.9 Å². The number of amides is 1. The first-order chi connectivity index (χ1) is 12.5. The number of anilines is 1. The number of ether oxygens (including phenoxy) is 2. The zero-order chi connectivity index (χ0) is 18.9. The van der Waals surface area contributed by atoms with Gasteiger partial charge in [-0.15, -0.1) is 0 Å². The van der Waals surface area contributed by atoms with Crippen LogP contribution in [0.4, 0.5) is 5.69 Å². The van der Waals surface area contributed by atoms with Crippen LogP contribution in [0.15, 0.2) is 54.1 Å². The molecule has 7 nitrogen and oxygen atoms in total. The standard InChI is InChI=1S/C19H16N2O5/c1-25-16-8-4-15(5-9-16)21-19(24)14(11-20)10-13-2-6-17(7-3-13)26-12-18(22)23/h2-10H,12H2,1H3,(H,21,24)(H,22,23). The summed E-state index contributed by atoms with van der Waals surface area (Å²) in [5, 5.41) is 20.4. The molecular formula is C19H16N2O5. The zero-order valence-corrected chi connectivity index (χ0v) is 13.9. The third-order valence-corrected chi connectivity index (χ3v) is 3.27. The van der Waals surface area contributed by atoms with Gasteiger partial charge in [0.2, 0.25) is 0 Å². The highest BCUT2D eigenvalue weighted by atomic mass is 16.5. The van der Waals surface area contributed by atoms with Crippen LogP contribution in [-0.2, 0) is 9.59 Å². The summed E-state index contributed by atoms with van der Waals surface area (Å²) in [6, 6.07) is 15.0. The Kier molecular flexibility index (Phi) is 6.34. The van der Waals surface area contributed by atoms with E-state index in [1.54, 1.807) is 55.6 Å². The molecule has 2 aromatic rings. The van der Waals surface area contributed by atoms with Crippen LogP contribution in [0.5, 0.6) is 11.5 Å². The van der Waals surface area contributed by atoms with Gasteiger partial charge in [-0.1, -0.05) is 12.1 Å². The summed E-state index contributed by atoms with van der Waals surface area (Å²) >= 11 is 0. The highest BCUT2D eigenvalue weighted by molar-refractivity contribution is 6.09. The summed E-state index contributed by atoms with van der Waals surface area (Å²) in [4.78, 5) is 22.7. The molecule has 1 amide bonds. The maximum atomic E-state index is 12.2. The minimum atomic E-state index is -1.07. The lowest BCUT2D eigenvalue weighted by Crippen LogP contribution is -2.13. The fourth-order valence-corrected chi connectivity index (χ4v) is 1.99. The maximum Gasteiger partial charge on any atom is 0.341 e. The van der Waals surface area contributed by atoms with Crippen molar-refractivity contribution < 1.29 is 24.2 Å². The van der Waals surface area contributed by atoms with Crippen LogP contribution in [0.1, 0.15) is 5.56 Å². The third kappa shape index (κ3) is 5.39. The molecule has 0 saturated heterocycles. The number of carbonyl (C=O) groups excluding carboxylic acids is 1. The molecule has 26 heavy (non-hydrogen) atoms. The summed E-state index contributed by atoms with van der Waals surface area (Å²) in [5.74, 6) is -0.574. The number of nitrogens with one attached hydrogen (secondary N) is 1. The number of methoxy groups -OCH3 is 1. The first-order valence-corrected chi connectivity index (χ1v) is 7.53. The molecule has 0 aromatic heterocycles. The molecule has 0 spiro atoms. The SMILES string of the molecule is COc1ccc(NC(=O)C(C#N)=Cc2ccc(OCC(=O)O)cc2)cc1. The van der Waals surface area contributed by atoms with Gasteiger partial charge in [-0.25, -0.2) is 4.79 Å². The van der Waals surface area contributed by atoms with E-state index in [4.69, 9.17) is 14.6 Å². The summed E-state index contributed by atoms with van der Waals surface area (Å²) in [6.45, 7) is -0.442. The van der Waals surface area contributed by atoms with Crippen molar-refractivity contribution in [1.82, 2.24) is 0 Å². The fraction of sp³-hybridized carbons (Fsp3) is 0.105. The second-order valence-electron chi connectivity index (χ2n) is 5.10. The van der Waals surface area contributed by atoms with Gasteiger partial charge in [-0.05, 0) is 48.0 Å². The Bertz CT molecular complexity index is 849. The van der Waals surface area contributed by atoms with Gasteiger partial charge < -0.3 is 19.9 Å². The van der Waals surface area contributed by atoms with Crippen LogP contribution >= 0.6 is 0 Å². The van der Waals surface area contributed by atoms with Crippen LogP contribution < -0.4 is 14.8 Å². The second-order valence-corrected chi connectivity index (χ2v) is 5.10. The lowest BCUT2D eigenvalue weighted by Gasteiger charge is -2.06. The smallest absolute Gasteiger partial charge is 0.341 e. The van der Waals surface area contributed by atoms with Crippen molar-refractivity contribution in [1.29, 1.82) is 5.26 Å². The van der Waals surface area contributed by atoms with E-state index in [1.165, 1.54) is 6.08 Å². The summed E-state index contributed by atoms with van der Waals surface area (Å²) < 4.78 is 10.1. The van der Waals surface area contributed by atoms with E-state index in [0.29, 0.717) is 22.7 Å². The average molecular weight is 352 g/mol. The number of carboxylic acids is 1. The van der Waals surface area contributed by atoms with Gasteiger partial charge >= 0.3 is 5.97 Å². The first-order valence-electron chi connectivity index (χ1n) is 7.53. The fourth-order valence-electron chi connectivity index (χ4n) is 1.99. The molecule has 0 aliphatic rings. The normalized spacial score (nSPS) is 10.5. The lowest BCUT2D eigenvalue weighted by molar-refractivity contribution is -0.139. The molecule has 0 radical (unpaired) electrons. The van der Waals surface area contributed by atoms with E-state index in [1.807, 2.05) is 6.07 Å². The van der Waals surface area contributed by atoms with Gasteiger partial charge in [0.15, 0.2) is 6.61 Å². The number of hydrogen-bond acceptors (Lipinski definition) is 5. The second kappa shape index (κ2) is 8.89. The van der Waals surface area contributed by atoms with Crippen molar-refractivity contribution in [2.75, 3.05) is 19.0 Å². The van der Waals surface area contributed by atoms with Crippen molar-refractivity contribution in [3.8, 4) is 17.6 Å². The third-order valence-electron chi connectivity index (χ3n) is 3.27. The molecule has 132 valence electrons. The van der Waals surface area contributed by atoms with E-state index in [2.05, 4.69) is 5.32 Å². The van der Waals surface area contributed by atoms with Gasteiger partial charge in [0, 0.05) is 5.69 Å². The van der Waals surface area contributed by atoms with Crippen molar-refractivity contribution >= 4 is 23.6 Å². The van der Waals surface area contributed by atoms with Gasteiger partial charge in [0.05, 0.1) is 7.11 Å². The minimum Gasteiger partial charge on any atom is -0.497 e. The molecule has 0 heterocycles. The number of hydrogen-bond donors (Lipinski definition) is 2. The lowest BCUT2D eigenvalue weighted by atomic mass is 10.1. The molecule has 2 rings (SSSR count). The first kappa shape index (κ1) is 18.5. The molecule has 0 bridgehead atoms. The van der Waals surface area contributed by atoms with Crippen molar-refractivity contribution in [2.45, 2.75) is 0 Å². The van der Waals surface area contributed by atoms with E-state index in [-0.39, 0.29) is 5.57 Å². The predicted octanol–water partition coefficient (Wildman–Crippen LogP) is 2.70. The highest BCUT2D eigenvalue weighted by Gasteiger charge is 2.10. The van der Waals surface area contributed by atoms with Crippen molar-refractivity contribution in [3.63, 3.8) is 0 Å². The molecule has 0 saturated carbocycles. The van der Waals surface area contributed by atoms with Crippen LogP contribution in [0.3, 0.4) is 0 Å². The Morgan fingerprint density at radius 2 is 1.73 bits per heavy atom. The highest BCUT2D eigenvalue weighted by Crippen LogP contribution is 2.17. The predicted molar refractivity (Wildman–Crippen MR) is 94.8 cm³/mol. The van der Waals surface area contributed by atoms with E-state index < -0.39 is 18.5 Å². The largest absolute Gasteiger partial charge is 0.497 e. The molecule has 2 N–H and O–H groups in total. The maximum absolute atomic E-state index is 12.2.